The molecule has 1 aliphatic rings. The third kappa shape index (κ3) is 5.23. The zero-order valence-corrected chi connectivity index (χ0v) is 20.9. The summed E-state index contributed by atoms with van der Waals surface area (Å²) in [5.74, 6) is 0.597. The van der Waals surface area contributed by atoms with E-state index in [2.05, 4.69) is 26.5 Å². The molecule has 8 nitrogen and oxygen atoms in total. The summed E-state index contributed by atoms with van der Waals surface area (Å²) in [5, 5.41) is 3.99. The highest BCUT2D eigenvalue weighted by Crippen LogP contribution is 2.36. The first-order valence-corrected chi connectivity index (χ1v) is 12.5. The van der Waals surface area contributed by atoms with Gasteiger partial charge in [0.25, 0.3) is 15.9 Å². The lowest BCUT2D eigenvalue weighted by molar-refractivity contribution is -0.119. The van der Waals surface area contributed by atoms with Gasteiger partial charge in [0.1, 0.15) is 6.54 Å². The molecule has 176 valence electrons. The Kier molecular flexibility index (Phi) is 6.90. The van der Waals surface area contributed by atoms with Crippen molar-refractivity contribution in [3.05, 3.63) is 81.8 Å². The first-order valence-electron chi connectivity index (χ1n) is 10.3. The minimum absolute atomic E-state index is 0.0974. The molecule has 0 fully saturated rings. The van der Waals surface area contributed by atoms with Gasteiger partial charge in [-0.2, -0.15) is 5.10 Å². The van der Waals surface area contributed by atoms with E-state index < -0.39 is 22.5 Å². The van der Waals surface area contributed by atoms with Crippen molar-refractivity contribution in [2.45, 2.75) is 18.7 Å². The lowest BCUT2D eigenvalue weighted by Gasteiger charge is -2.24. The van der Waals surface area contributed by atoms with Crippen LogP contribution < -0.4 is 19.2 Å². The van der Waals surface area contributed by atoms with E-state index in [0.29, 0.717) is 27.2 Å². The van der Waals surface area contributed by atoms with Crippen LogP contribution in [0, 0.1) is 13.8 Å². The molecule has 3 aromatic carbocycles. The molecule has 0 unspecified atom stereocenters. The fourth-order valence-corrected chi connectivity index (χ4v) is 5.14. The quantitative estimate of drug-likeness (QED) is 0.356. The lowest BCUT2D eigenvalue weighted by Crippen LogP contribution is -2.39. The van der Waals surface area contributed by atoms with Crippen LogP contribution in [-0.2, 0) is 14.8 Å². The number of amides is 1. The maximum absolute atomic E-state index is 13.4. The van der Waals surface area contributed by atoms with Gasteiger partial charge in [0.15, 0.2) is 11.5 Å². The van der Waals surface area contributed by atoms with E-state index in [1.54, 1.807) is 42.5 Å². The molecule has 1 heterocycles. The smallest absolute Gasteiger partial charge is 0.264 e. The van der Waals surface area contributed by atoms with Crippen molar-refractivity contribution in [3.63, 3.8) is 0 Å². The summed E-state index contributed by atoms with van der Waals surface area (Å²) in [6, 6.07) is 16.9. The number of benzene rings is 3. The first kappa shape index (κ1) is 23.8. The van der Waals surface area contributed by atoms with Crippen molar-refractivity contribution in [2.24, 2.45) is 5.10 Å². The number of carbonyl (C=O) groups excluding carboxylic acids is 1. The Morgan fingerprint density at radius 3 is 2.47 bits per heavy atom. The number of aryl methyl sites for hydroxylation is 2. The highest BCUT2D eigenvalue weighted by atomic mass is 79.9. The Labute approximate surface area is 206 Å². The average molecular weight is 544 g/mol. The van der Waals surface area contributed by atoms with Gasteiger partial charge in [-0.25, -0.2) is 13.8 Å². The molecule has 10 heteroatoms. The summed E-state index contributed by atoms with van der Waals surface area (Å²) in [5.41, 5.74) is 5.25. The third-order valence-corrected chi connectivity index (χ3v) is 7.55. The number of rotatable bonds is 7. The highest BCUT2D eigenvalue weighted by molar-refractivity contribution is 9.10. The zero-order valence-electron chi connectivity index (χ0n) is 18.5. The van der Waals surface area contributed by atoms with Crippen LogP contribution in [0.4, 0.5) is 5.69 Å². The number of anilines is 1. The molecule has 1 N–H and O–H groups in total. The summed E-state index contributed by atoms with van der Waals surface area (Å²) >= 11 is 3.42. The van der Waals surface area contributed by atoms with Crippen molar-refractivity contribution >= 4 is 43.8 Å². The Hall–Kier alpha value is -3.37. The summed E-state index contributed by atoms with van der Waals surface area (Å²) < 4.78 is 39.3. The van der Waals surface area contributed by atoms with Crippen LogP contribution in [0.2, 0.25) is 0 Å². The molecule has 0 saturated carbocycles. The van der Waals surface area contributed by atoms with Gasteiger partial charge in [0.05, 0.1) is 16.8 Å². The van der Waals surface area contributed by atoms with Gasteiger partial charge in [-0.05, 0) is 71.7 Å². The number of nitrogens with one attached hydrogen (secondary N) is 1. The van der Waals surface area contributed by atoms with E-state index in [1.165, 1.54) is 18.3 Å². The number of halogens is 1. The molecule has 4 rings (SSSR count). The second-order valence-corrected chi connectivity index (χ2v) is 10.4. The largest absolute Gasteiger partial charge is 0.454 e. The Balaban J connectivity index is 1.55. The molecule has 3 aromatic rings. The molecular weight excluding hydrogens is 522 g/mol. The SMILES string of the molecule is Cc1ccc(S(=O)(=O)N(CC(=O)N/N=C/c2cc3c(cc2Br)OCO3)c2cccc(C)c2)cc1. The average Bonchev–Trinajstić information content (AvgIpc) is 3.25. The highest BCUT2D eigenvalue weighted by Gasteiger charge is 2.27. The standard InChI is InChI=1S/C24H22BrN3O5S/c1-16-6-8-20(9-7-16)34(30,31)28(19-5-3-4-17(2)10-19)14-24(29)27-26-13-18-11-22-23(12-21(18)25)33-15-32-22/h3-13H,14-15H2,1-2H3,(H,27,29)/b26-13+. The zero-order chi connectivity index (χ0) is 24.3. The molecule has 0 bridgehead atoms. The van der Waals surface area contributed by atoms with E-state index in [1.807, 2.05) is 19.9 Å². The Morgan fingerprint density at radius 1 is 1.06 bits per heavy atom. The number of fused-ring (bicyclic) bond motifs is 1. The predicted octanol–water partition coefficient (Wildman–Crippen LogP) is 4.14. The molecule has 0 radical (unpaired) electrons. The van der Waals surface area contributed by atoms with E-state index in [9.17, 15) is 13.2 Å². The molecule has 0 spiro atoms. The second-order valence-electron chi connectivity index (χ2n) is 7.68. The molecule has 0 aromatic heterocycles. The van der Waals surface area contributed by atoms with Gasteiger partial charge in [-0.15, -0.1) is 0 Å². The van der Waals surface area contributed by atoms with Crippen LogP contribution in [0.25, 0.3) is 0 Å². The Bertz CT molecular complexity index is 1360. The lowest BCUT2D eigenvalue weighted by atomic mass is 10.2. The fraction of sp³-hybridized carbons (Fsp3) is 0.167. The van der Waals surface area contributed by atoms with Crippen molar-refractivity contribution in [1.29, 1.82) is 0 Å². The van der Waals surface area contributed by atoms with Gasteiger partial charge in [-0.3, -0.25) is 9.10 Å². The molecule has 34 heavy (non-hydrogen) atoms. The van der Waals surface area contributed by atoms with Gasteiger partial charge < -0.3 is 9.47 Å². The van der Waals surface area contributed by atoms with Crippen molar-refractivity contribution < 1.29 is 22.7 Å². The van der Waals surface area contributed by atoms with Crippen molar-refractivity contribution in [1.82, 2.24) is 5.43 Å². The molecule has 0 atom stereocenters. The maximum Gasteiger partial charge on any atom is 0.264 e. The van der Waals surface area contributed by atoms with E-state index in [-0.39, 0.29) is 11.7 Å². The number of ether oxygens (including phenoxy) is 2. The maximum atomic E-state index is 13.4. The van der Waals surface area contributed by atoms with E-state index in [4.69, 9.17) is 9.47 Å². The van der Waals surface area contributed by atoms with Crippen LogP contribution in [0.15, 0.2) is 75.1 Å². The van der Waals surface area contributed by atoms with Gasteiger partial charge >= 0.3 is 0 Å². The van der Waals surface area contributed by atoms with Gasteiger partial charge in [0, 0.05) is 10.0 Å². The number of hydrogen-bond donors (Lipinski definition) is 1. The van der Waals surface area contributed by atoms with Crippen molar-refractivity contribution in [2.75, 3.05) is 17.6 Å². The predicted molar refractivity (Wildman–Crippen MR) is 133 cm³/mol. The summed E-state index contributed by atoms with van der Waals surface area (Å²) in [6.07, 6.45) is 1.44. The van der Waals surface area contributed by atoms with E-state index in [0.717, 1.165) is 15.4 Å². The number of hydrogen-bond acceptors (Lipinski definition) is 6. The Morgan fingerprint density at radius 2 is 1.76 bits per heavy atom. The van der Waals surface area contributed by atoms with Crippen LogP contribution in [0.3, 0.4) is 0 Å². The van der Waals surface area contributed by atoms with Crippen molar-refractivity contribution in [3.8, 4) is 11.5 Å². The van der Waals surface area contributed by atoms with Crippen LogP contribution in [0.5, 0.6) is 11.5 Å². The fourth-order valence-electron chi connectivity index (χ4n) is 3.31. The molecule has 0 aliphatic carbocycles. The minimum atomic E-state index is -3.99. The molecule has 0 saturated heterocycles. The van der Waals surface area contributed by atoms with Gasteiger partial charge in [0.2, 0.25) is 6.79 Å². The van der Waals surface area contributed by atoms with Crippen LogP contribution in [0.1, 0.15) is 16.7 Å². The monoisotopic (exact) mass is 543 g/mol. The van der Waals surface area contributed by atoms with Gasteiger partial charge in [-0.1, -0.05) is 29.8 Å². The number of sulfonamides is 1. The normalized spacial score (nSPS) is 12.7. The topological polar surface area (TPSA) is 97.3 Å². The number of hydrazone groups is 1. The summed E-state index contributed by atoms with van der Waals surface area (Å²) in [4.78, 5) is 12.8. The third-order valence-electron chi connectivity index (χ3n) is 5.07. The number of carbonyl (C=O) groups is 1. The van der Waals surface area contributed by atoms with Crippen LogP contribution >= 0.6 is 15.9 Å². The minimum Gasteiger partial charge on any atom is -0.454 e. The van der Waals surface area contributed by atoms with Crippen LogP contribution in [-0.4, -0.2) is 33.9 Å². The molecular formula is C24H22BrN3O5S. The number of nitrogens with zero attached hydrogens (tertiary/aromatic N) is 2. The van der Waals surface area contributed by atoms with E-state index >= 15 is 0 Å². The summed E-state index contributed by atoms with van der Waals surface area (Å²) in [6.45, 7) is 3.43. The summed E-state index contributed by atoms with van der Waals surface area (Å²) in [7, 11) is -3.99. The second kappa shape index (κ2) is 9.86. The molecule has 1 amide bonds. The molecule has 1 aliphatic heterocycles. The first-order chi connectivity index (χ1) is 16.2.